The van der Waals surface area contributed by atoms with Crippen molar-refractivity contribution in [3.63, 3.8) is 0 Å². The van der Waals surface area contributed by atoms with Crippen LogP contribution in [0.2, 0.25) is 0 Å². The molecule has 1 aromatic carbocycles. The zero-order valence-corrected chi connectivity index (χ0v) is 27.4. The van der Waals surface area contributed by atoms with Gasteiger partial charge < -0.3 is 4.74 Å². The van der Waals surface area contributed by atoms with Crippen molar-refractivity contribution in [2.75, 3.05) is 0 Å². The SMILES string of the molecule is CC(C)CCC[C@@H](C)[C@@H]1CC[C@@H]2[C@H]3CC=C4C[C@@H](OC(=O)[C@H](I)Cc5ccccc5)CC[C@]4(C)[C@@H]3CC[C@@]21C. The van der Waals surface area contributed by atoms with Crippen molar-refractivity contribution in [2.24, 2.45) is 46.3 Å². The molecule has 4 aliphatic rings. The second-order valence-electron chi connectivity index (χ2n) is 14.7. The number of esters is 1. The first-order valence-corrected chi connectivity index (χ1v) is 17.4. The Labute approximate surface area is 252 Å². The molecule has 0 amide bonds. The van der Waals surface area contributed by atoms with Crippen LogP contribution in [0, 0.1) is 46.3 Å². The number of ether oxygens (including phenoxy) is 1. The molecule has 0 bridgehead atoms. The molecule has 9 atom stereocenters. The minimum absolute atomic E-state index is 0.0321. The van der Waals surface area contributed by atoms with Gasteiger partial charge in [-0.25, -0.2) is 0 Å². The van der Waals surface area contributed by atoms with Gasteiger partial charge >= 0.3 is 5.97 Å². The molecule has 0 unspecified atom stereocenters. The van der Waals surface area contributed by atoms with Gasteiger partial charge in [0.15, 0.2) is 0 Å². The Morgan fingerprint density at radius 2 is 1.77 bits per heavy atom. The Kier molecular flexibility index (Phi) is 9.26. The molecular formula is C36H53IO2. The lowest BCUT2D eigenvalue weighted by Gasteiger charge is -2.58. The van der Waals surface area contributed by atoms with Crippen LogP contribution in [0.15, 0.2) is 42.0 Å². The van der Waals surface area contributed by atoms with Crippen molar-refractivity contribution >= 4 is 28.6 Å². The van der Waals surface area contributed by atoms with Gasteiger partial charge in [0.25, 0.3) is 0 Å². The van der Waals surface area contributed by atoms with E-state index in [4.69, 9.17) is 4.74 Å². The maximum absolute atomic E-state index is 13.0. The van der Waals surface area contributed by atoms with Crippen LogP contribution in [0.5, 0.6) is 0 Å². The molecule has 3 heteroatoms. The van der Waals surface area contributed by atoms with Gasteiger partial charge in [-0.1, -0.05) is 118 Å². The topological polar surface area (TPSA) is 26.3 Å². The first-order valence-electron chi connectivity index (χ1n) is 16.2. The van der Waals surface area contributed by atoms with Crippen molar-refractivity contribution < 1.29 is 9.53 Å². The molecule has 0 aromatic heterocycles. The average Bonchev–Trinajstić information content (AvgIpc) is 3.26. The summed E-state index contributed by atoms with van der Waals surface area (Å²) in [7, 11) is 0. The van der Waals surface area contributed by atoms with E-state index in [1.54, 1.807) is 5.57 Å². The fourth-order valence-corrected chi connectivity index (χ4v) is 10.6. The number of rotatable bonds is 9. The van der Waals surface area contributed by atoms with Crippen molar-refractivity contribution in [1.82, 2.24) is 0 Å². The van der Waals surface area contributed by atoms with Crippen LogP contribution < -0.4 is 0 Å². The van der Waals surface area contributed by atoms with E-state index >= 15 is 0 Å². The smallest absolute Gasteiger partial charge is 0.319 e. The number of carbonyl (C=O) groups excluding carboxylic acids is 1. The van der Waals surface area contributed by atoms with Crippen LogP contribution in [0.4, 0.5) is 0 Å². The molecule has 2 nitrogen and oxygen atoms in total. The molecule has 0 N–H and O–H groups in total. The Morgan fingerprint density at radius 3 is 2.51 bits per heavy atom. The van der Waals surface area contributed by atoms with E-state index in [2.05, 4.69) is 75.4 Å². The van der Waals surface area contributed by atoms with E-state index in [0.717, 1.165) is 54.8 Å². The summed E-state index contributed by atoms with van der Waals surface area (Å²) in [6.45, 7) is 12.6. The zero-order valence-electron chi connectivity index (χ0n) is 25.3. The number of benzene rings is 1. The Morgan fingerprint density at radius 1 is 1.00 bits per heavy atom. The molecule has 4 aliphatic carbocycles. The lowest BCUT2D eigenvalue weighted by molar-refractivity contribution is -0.150. The number of halogens is 1. The van der Waals surface area contributed by atoms with Gasteiger partial charge in [0.2, 0.25) is 0 Å². The molecule has 0 radical (unpaired) electrons. The van der Waals surface area contributed by atoms with Gasteiger partial charge in [0.1, 0.15) is 10.0 Å². The zero-order chi connectivity index (χ0) is 27.8. The van der Waals surface area contributed by atoms with Crippen LogP contribution in [0.25, 0.3) is 0 Å². The molecule has 0 spiro atoms. The van der Waals surface area contributed by atoms with E-state index in [0.29, 0.717) is 10.8 Å². The van der Waals surface area contributed by atoms with E-state index in [-0.39, 0.29) is 16.0 Å². The van der Waals surface area contributed by atoms with Gasteiger partial charge in [-0.2, -0.15) is 0 Å². The highest BCUT2D eigenvalue weighted by atomic mass is 127. The number of allylic oxidation sites excluding steroid dienone is 1. The molecule has 0 saturated heterocycles. The molecule has 3 fully saturated rings. The molecule has 0 heterocycles. The molecule has 3 saturated carbocycles. The first-order chi connectivity index (χ1) is 18.6. The Hall–Kier alpha value is -0.840. The summed E-state index contributed by atoms with van der Waals surface area (Å²) < 4.78 is 6.02. The van der Waals surface area contributed by atoms with Crippen molar-refractivity contribution in [3.05, 3.63) is 47.5 Å². The van der Waals surface area contributed by atoms with Gasteiger partial charge in [-0.15, -0.1) is 0 Å². The van der Waals surface area contributed by atoms with Crippen LogP contribution in [0.3, 0.4) is 0 Å². The Balaban J connectivity index is 1.21. The van der Waals surface area contributed by atoms with E-state index in [1.165, 1.54) is 63.4 Å². The van der Waals surface area contributed by atoms with Gasteiger partial charge in [0.05, 0.1) is 0 Å². The monoisotopic (exact) mass is 644 g/mol. The van der Waals surface area contributed by atoms with Gasteiger partial charge in [-0.3, -0.25) is 4.79 Å². The standard InChI is InChI=1S/C36H53IO2/c1-24(2)10-9-11-25(3)30-16-17-31-29-15-14-27-23-28(18-20-35(27,4)32(29)19-21-36(30,31)5)39-34(38)33(37)22-26-12-7-6-8-13-26/h6-8,12-14,24-25,28-33H,9-11,15-23H2,1-5H3/t25-,28+,29-,30+,31-,32-,33-,35+,36-/m1/s1. The van der Waals surface area contributed by atoms with Crippen molar-refractivity contribution in [2.45, 2.75) is 122 Å². The van der Waals surface area contributed by atoms with E-state index < -0.39 is 0 Å². The third-order valence-electron chi connectivity index (χ3n) is 12.1. The molecule has 39 heavy (non-hydrogen) atoms. The molecule has 5 rings (SSSR count). The van der Waals surface area contributed by atoms with E-state index in [1.807, 2.05) is 18.2 Å². The predicted molar refractivity (Wildman–Crippen MR) is 171 cm³/mol. The number of hydrogen-bond donors (Lipinski definition) is 0. The summed E-state index contributed by atoms with van der Waals surface area (Å²) >= 11 is 2.27. The summed E-state index contributed by atoms with van der Waals surface area (Å²) in [4.78, 5) is 13.0. The normalized spacial score (nSPS) is 37.3. The third-order valence-corrected chi connectivity index (χ3v) is 13.0. The number of alkyl halides is 1. The van der Waals surface area contributed by atoms with Crippen LogP contribution in [0.1, 0.15) is 111 Å². The third kappa shape index (κ3) is 6.05. The number of carbonyl (C=O) groups is 1. The summed E-state index contributed by atoms with van der Waals surface area (Å²) in [6, 6.07) is 10.3. The van der Waals surface area contributed by atoms with Crippen LogP contribution >= 0.6 is 22.6 Å². The fourth-order valence-electron chi connectivity index (χ4n) is 9.90. The Bertz CT molecular complexity index is 1020. The lowest BCUT2D eigenvalue weighted by Crippen LogP contribution is -2.51. The first kappa shape index (κ1) is 29.6. The summed E-state index contributed by atoms with van der Waals surface area (Å²) in [6.07, 6.45) is 17.8. The van der Waals surface area contributed by atoms with Crippen molar-refractivity contribution in [1.29, 1.82) is 0 Å². The van der Waals surface area contributed by atoms with E-state index in [9.17, 15) is 4.79 Å². The molecule has 216 valence electrons. The highest BCUT2D eigenvalue weighted by Crippen LogP contribution is 2.67. The van der Waals surface area contributed by atoms with Gasteiger partial charge in [0, 0.05) is 6.42 Å². The summed E-state index contributed by atoms with van der Waals surface area (Å²) in [5.74, 6) is 5.16. The summed E-state index contributed by atoms with van der Waals surface area (Å²) in [5.41, 5.74) is 3.67. The fraction of sp³-hybridized carbons (Fsp3) is 0.750. The molecule has 1 aromatic rings. The highest BCUT2D eigenvalue weighted by molar-refractivity contribution is 14.1. The van der Waals surface area contributed by atoms with Crippen LogP contribution in [-0.4, -0.2) is 16.0 Å². The second-order valence-corrected chi connectivity index (χ2v) is 16.3. The lowest BCUT2D eigenvalue weighted by atomic mass is 9.47. The number of fused-ring (bicyclic) bond motifs is 5. The van der Waals surface area contributed by atoms with Crippen LogP contribution in [-0.2, 0) is 16.0 Å². The minimum Gasteiger partial charge on any atom is -0.461 e. The predicted octanol–water partition coefficient (Wildman–Crippen LogP) is 9.99. The number of hydrogen-bond acceptors (Lipinski definition) is 2. The molecule has 0 aliphatic heterocycles. The van der Waals surface area contributed by atoms with Crippen molar-refractivity contribution in [3.8, 4) is 0 Å². The molecular weight excluding hydrogens is 591 g/mol. The maximum atomic E-state index is 13.0. The largest absolute Gasteiger partial charge is 0.461 e. The minimum atomic E-state index is -0.123. The van der Waals surface area contributed by atoms with Gasteiger partial charge in [-0.05, 0) is 103 Å². The average molecular weight is 645 g/mol. The summed E-state index contributed by atoms with van der Waals surface area (Å²) in [5, 5.41) is 0. The quantitative estimate of drug-likeness (QED) is 0.116. The second kappa shape index (κ2) is 12.2. The maximum Gasteiger partial charge on any atom is 0.319 e. The highest BCUT2D eigenvalue weighted by Gasteiger charge is 2.59.